The van der Waals surface area contributed by atoms with Gasteiger partial charge in [-0.2, -0.15) is 0 Å². The molecule has 3 amide bonds. The zero-order valence-electron chi connectivity index (χ0n) is 19.7. The lowest BCUT2D eigenvalue weighted by atomic mass is 10.1. The van der Waals surface area contributed by atoms with E-state index in [1.807, 2.05) is 60.4 Å². The van der Waals surface area contributed by atoms with Crippen LogP contribution in [-0.4, -0.2) is 41.0 Å². The van der Waals surface area contributed by atoms with Gasteiger partial charge in [-0.15, -0.1) is 10.2 Å². The molecular weight excluding hydrogens is 462 g/mol. The Morgan fingerprint density at radius 3 is 2.51 bits per heavy atom. The van der Waals surface area contributed by atoms with E-state index in [-0.39, 0.29) is 30.1 Å². The van der Waals surface area contributed by atoms with Crippen LogP contribution in [-0.2, 0) is 20.8 Å². The number of nitrogens with zero attached hydrogens (tertiary/aromatic N) is 4. The molecule has 0 bridgehead atoms. The van der Waals surface area contributed by atoms with Gasteiger partial charge in [0.05, 0.1) is 5.92 Å². The molecule has 3 heterocycles. The third-order valence-corrected chi connectivity index (χ3v) is 7.65. The van der Waals surface area contributed by atoms with Crippen molar-refractivity contribution in [2.75, 3.05) is 28.2 Å². The number of carbonyl (C=O) groups is 3. The van der Waals surface area contributed by atoms with E-state index in [2.05, 4.69) is 22.4 Å². The second-order valence-electron chi connectivity index (χ2n) is 9.06. The van der Waals surface area contributed by atoms with Crippen LogP contribution in [0.25, 0.3) is 0 Å². The molecular formula is C26H27N5O3S. The summed E-state index contributed by atoms with van der Waals surface area (Å²) in [5.41, 5.74) is 4.00. The molecule has 3 aromatic rings. The van der Waals surface area contributed by atoms with Gasteiger partial charge in [0.1, 0.15) is 5.01 Å². The van der Waals surface area contributed by atoms with E-state index < -0.39 is 5.92 Å². The minimum atomic E-state index is -0.453. The number of benzene rings is 2. The first-order valence-electron chi connectivity index (χ1n) is 11.8. The topological polar surface area (TPSA) is 95.5 Å². The summed E-state index contributed by atoms with van der Waals surface area (Å²) in [6.45, 7) is 4.95. The lowest BCUT2D eigenvalue weighted by Crippen LogP contribution is -2.28. The quantitative estimate of drug-likeness (QED) is 0.566. The van der Waals surface area contributed by atoms with Crippen LogP contribution in [0.15, 0.2) is 48.5 Å². The highest BCUT2D eigenvalue weighted by atomic mass is 32.1. The maximum atomic E-state index is 12.9. The molecule has 2 aliphatic rings. The fourth-order valence-corrected chi connectivity index (χ4v) is 5.53. The Kier molecular flexibility index (Phi) is 6.34. The molecule has 2 saturated heterocycles. The van der Waals surface area contributed by atoms with E-state index in [0.29, 0.717) is 24.6 Å². The first-order chi connectivity index (χ1) is 16.9. The smallest absolute Gasteiger partial charge is 0.231 e. The van der Waals surface area contributed by atoms with Gasteiger partial charge >= 0.3 is 0 Å². The summed E-state index contributed by atoms with van der Waals surface area (Å²) in [7, 11) is 0. The Hall–Kier alpha value is -3.59. The Labute approximate surface area is 208 Å². The Morgan fingerprint density at radius 1 is 1.00 bits per heavy atom. The van der Waals surface area contributed by atoms with Crippen molar-refractivity contribution in [3.05, 3.63) is 64.7 Å². The minimum Gasteiger partial charge on any atom is -0.312 e. The number of anilines is 3. The standard InChI is InChI=1S/C26H27N5O3S/c1-3-17-6-4-5-7-21(17)31-15-19(13-23(31)33)25-28-29-26(35-25)27-24(34)18-12-22(32)30(14-18)20-10-8-16(2)9-11-20/h4-11,18-19H,3,12-15H2,1-2H3,(H,27,29,34). The predicted octanol–water partition coefficient (Wildman–Crippen LogP) is 3.92. The Balaban J connectivity index is 1.22. The van der Waals surface area contributed by atoms with E-state index in [0.717, 1.165) is 33.9 Å². The van der Waals surface area contributed by atoms with Crippen LogP contribution in [0.5, 0.6) is 0 Å². The van der Waals surface area contributed by atoms with Gasteiger partial charge in [-0.1, -0.05) is 54.2 Å². The van der Waals surface area contributed by atoms with Crippen molar-refractivity contribution < 1.29 is 14.4 Å². The van der Waals surface area contributed by atoms with Crippen LogP contribution in [0, 0.1) is 12.8 Å². The Morgan fingerprint density at radius 2 is 1.74 bits per heavy atom. The molecule has 2 aromatic carbocycles. The van der Waals surface area contributed by atoms with Gasteiger partial charge in [0.25, 0.3) is 0 Å². The van der Waals surface area contributed by atoms with Gasteiger partial charge in [-0.3, -0.25) is 14.4 Å². The fourth-order valence-electron chi connectivity index (χ4n) is 4.69. The highest BCUT2D eigenvalue weighted by molar-refractivity contribution is 7.15. The summed E-state index contributed by atoms with van der Waals surface area (Å²) in [5.74, 6) is -0.760. The van der Waals surface area contributed by atoms with Crippen LogP contribution in [0.1, 0.15) is 41.8 Å². The van der Waals surface area contributed by atoms with Crippen molar-refractivity contribution in [2.45, 2.75) is 39.0 Å². The molecule has 35 heavy (non-hydrogen) atoms. The van der Waals surface area contributed by atoms with Crippen LogP contribution in [0.4, 0.5) is 16.5 Å². The minimum absolute atomic E-state index is 0.0659. The number of aryl methyl sites for hydroxylation is 2. The fraction of sp³-hybridized carbons (Fsp3) is 0.346. The predicted molar refractivity (Wildman–Crippen MR) is 136 cm³/mol. The monoisotopic (exact) mass is 489 g/mol. The van der Waals surface area contributed by atoms with E-state index >= 15 is 0 Å². The average Bonchev–Trinajstić information content (AvgIpc) is 3.58. The lowest BCUT2D eigenvalue weighted by Gasteiger charge is -2.19. The summed E-state index contributed by atoms with van der Waals surface area (Å²) < 4.78 is 0. The van der Waals surface area contributed by atoms with Crippen LogP contribution < -0.4 is 15.1 Å². The number of hydrogen-bond donors (Lipinski definition) is 1. The van der Waals surface area contributed by atoms with Gasteiger partial charge in [0.15, 0.2) is 0 Å². The number of nitrogens with one attached hydrogen (secondary N) is 1. The maximum Gasteiger partial charge on any atom is 0.231 e. The van der Waals surface area contributed by atoms with Gasteiger partial charge < -0.3 is 15.1 Å². The van der Waals surface area contributed by atoms with Gasteiger partial charge in [0, 0.05) is 43.2 Å². The number of aromatic nitrogens is 2. The van der Waals surface area contributed by atoms with Crippen molar-refractivity contribution in [2.24, 2.45) is 5.92 Å². The van der Waals surface area contributed by atoms with Crippen LogP contribution in [0.2, 0.25) is 0 Å². The molecule has 9 heteroatoms. The number of hydrogen-bond acceptors (Lipinski definition) is 6. The second-order valence-corrected chi connectivity index (χ2v) is 10.1. The SMILES string of the molecule is CCc1ccccc1N1CC(c2nnc(NC(=O)C3CC(=O)N(c4ccc(C)cc4)C3)s2)CC1=O. The number of rotatable bonds is 6. The molecule has 1 aromatic heterocycles. The lowest BCUT2D eigenvalue weighted by molar-refractivity contribution is -0.122. The first kappa shape index (κ1) is 23.2. The molecule has 2 fully saturated rings. The van der Waals surface area contributed by atoms with Crippen molar-refractivity contribution >= 4 is 45.6 Å². The van der Waals surface area contributed by atoms with Crippen molar-refractivity contribution in [3.8, 4) is 0 Å². The van der Waals surface area contributed by atoms with Crippen LogP contribution >= 0.6 is 11.3 Å². The van der Waals surface area contributed by atoms with Gasteiger partial charge in [-0.25, -0.2) is 0 Å². The molecule has 1 N–H and O–H groups in total. The highest BCUT2D eigenvalue weighted by Gasteiger charge is 2.37. The van der Waals surface area contributed by atoms with E-state index in [4.69, 9.17) is 0 Å². The summed E-state index contributed by atoms with van der Waals surface area (Å²) in [6, 6.07) is 15.7. The molecule has 5 rings (SSSR count). The summed E-state index contributed by atoms with van der Waals surface area (Å²) in [4.78, 5) is 41.6. The second kappa shape index (κ2) is 9.58. The zero-order chi connectivity index (χ0) is 24.5. The number of para-hydroxylation sites is 1. The first-order valence-corrected chi connectivity index (χ1v) is 12.6. The molecule has 2 aliphatic heterocycles. The van der Waals surface area contributed by atoms with Crippen LogP contribution in [0.3, 0.4) is 0 Å². The molecule has 180 valence electrons. The molecule has 2 unspecified atom stereocenters. The van der Waals surface area contributed by atoms with Crippen molar-refractivity contribution in [3.63, 3.8) is 0 Å². The summed E-state index contributed by atoms with van der Waals surface area (Å²) >= 11 is 1.29. The number of carbonyl (C=O) groups excluding carboxylic acids is 3. The van der Waals surface area contributed by atoms with Crippen molar-refractivity contribution in [1.82, 2.24) is 10.2 Å². The molecule has 0 spiro atoms. The molecule has 0 radical (unpaired) electrons. The number of amides is 3. The highest BCUT2D eigenvalue weighted by Crippen LogP contribution is 2.36. The zero-order valence-corrected chi connectivity index (χ0v) is 20.5. The third-order valence-electron chi connectivity index (χ3n) is 6.65. The van der Waals surface area contributed by atoms with E-state index in [9.17, 15) is 14.4 Å². The maximum absolute atomic E-state index is 12.9. The molecule has 0 aliphatic carbocycles. The Bertz CT molecular complexity index is 1270. The molecule has 8 nitrogen and oxygen atoms in total. The molecule has 2 atom stereocenters. The van der Waals surface area contributed by atoms with Gasteiger partial charge in [0.2, 0.25) is 22.9 Å². The van der Waals surface area contributed by atoms with E-state index in [1.54, 1.807) is 4.90 Å². The third kappa shape index (κ3) is 4.68. The summed E-state index contributed by atoms with van der Waals surface area (Å²) in [5, 5.41) is 12.4. The van der Waals surface area contributed by atoms with E-state index in [1.165, 1.54) is 11.3 Å². The van der Waals surface area contributed by atoms with Crippen molar-refractivity contribution in [1.29, 1.82) is 0 Å². The van der Waals surface area contributed by atoms with Gasteiger partial charge in [-0.05, 0) is 37.1 Å². The normalized spacial score (nSPS) is 20.1. The largest absolute Gasteiger partial charge is 0.312 e. The molecule has 0 saturated carbocycles. The summed E-state index contributed by atoms with van der Waals surface area (Å²) in [6.07, 6.45) is 1.38. The average molecular weight is 490 g/mol.